The number of nitrogens with zero attached hydrogens (tertiary/aromatic N) is 4. The number of thioether (sulfide) groups is 1. The Kier molecular flexibility index (Phi) is 17.9. The van der Waals surface area contributed by atoms with Crippen LogP contribution in [0.5, 0.6) is 0 Å². The average molecular weight is 801 g/mol. The largest absolute Gasteiger partial charge is 1.00 e. The maximum absolute atomic E-state index is 15.8. The van der Waals surface area contributed by atoms with E-state index in [9.17, 15) is 27.9 Å². The Hall–Kier alpha value is -2.59. The number of aromatic nitrogens is 3. The van der Waals surface area contributed by atoms with Crippen LogP contribution in [0, 0.1) is 28.8 Å². The third-order valence-electron chi connectivity index (χ3n) is 7.87. The van der Waals surface area contributed by atoms with Crippen molar-refractivity contribution in [1.82, 2.24) is 14.8 Å². The number of phosphoric ester groups is 1. The molecule has 2 atom stereocenters. The number of rotatable bonds is 14. The Bertz CT molecular complexity index is 2030. The molecule has 0 amide bonds. The summed E-state index contributed by atoms with van der Waals surface area (Å²) in [4.78, 5) is 40.3. The third kappa shape index (κ3) is 12.5. The van der Waals surface area contributed by atoms with Crippen LogP contribution in [0.2, 0.25) is 0 Å². The predicted octanol–water partition coefficient (Wildman–Crippen LogP) is -1.19. The molecule has 0 spiro atoms. The minimum absolute atomic E-state index is 0. The zero-order valence-corrected chi connectivity index (χ0v) is 35.1. The number of phosphoric acid groups is 1. The molecule has 19 heteroatoms. The van der Waals surface area contributed by atoms with E-state index in [1.165, 1.54) is 71.6 Å². The number of ether oxygens (including phenoxy) is 3. The molecule has 1 saturated heterocycles. The van der Waals surface area contributed by atoms with E-state index < -0.39 is 55.0 Å². The first-order chi connectivity index (χ1) is 24.9. The summed E-state index contributed by atoms with van der Waals surface area (Å²) in [7, 11) is -5.40. The standard InChI is InChI=1S/C35H32F3N4O8PS.2Na/c1-23(52-28-18-47-33(48-19-28)9-5-3-6-25-11-10-24(16-39)14-31(25)37)35(20-42-22-40-21-41-42,30-13-12-27(36)15-32(30)38)50-34(43)29-8-4-2-7-26(29)17-49-51(44,45)46;;/h2-15,21-23,28,33H,17-20H2,1H3,(H2,44,45,46);;/q;2*+1/p-2/b6-3+,9-5+;;/t23-,28?,33?,35-;;/m1../s1. The van der Waals surface area contributed by atoms with Crippen LogP contribution in [0.15, 0.2) is 91.5 Å². The van der Waals surface area contributed by atoms with Gasteiger partial charge in [0.2, 0.25) is 0 Å². The van der Waals surface area contributed by atoms with Gasteiger partial charge < -0.3 is 33.1 Å². The maximum Gasteiger partial charge on any atom is 1.00 e. The summed E-state index contributed by atoms with van der Waals surface area (Å²) in [5.74, 6) is -3.43. The van der Waals surface area contributed by atoms with Gasteiger partial charge in [-0.1, -0.05) is 42.5 Å². The van der Waals surface area contributed by atoms with Gasteiger partial charge in [-0.05, 0) is 48.9 Å². The van der Waals surface area contributed by atoms with Gasteiger partial charge in [-0.3, -0.25) is 0 Å². The van der Waals surface area contributed by atoms with Crippen LogP contribution in [-0.2, 0) is 42.1 Å². The van der Waals surface area contributed by atoms with Gasteiger partial charge in [0.05, 0.1) is 56.6 Å². The van der Waals surface area contributed by atoms with E-state index in [1.54, 1.807) is 25.2 Å². The van der Waals surface area contributed by atoms with Crippen LogP contribution in [0.4, 0.5) is 13.2 Å². The van der Waals surface area contributed by atoms with Crippen molar-refractivity contribution in [1.29, 1.82) is 5.26 Å². The number of carbonyl (C=O) groups excluding carboxylic acids is 1. The van der Waals surface area contributed by atoms with Gasteiger partial charge in [0.15, 0.2) is 11.9 Å². The van der Waals surface area contributed by atoms with Crippen molar-refractivity contribution in [3.05, 3.63) is 137 Å². The number of esters is 1. The molecule has 0 bridgehead atoms. The fourth-order valence-corrected chi connectivity index (χ4v) is 7.00. The fourth-order valence-electron chi connectivity index (χ4n) is 5.34. The van der Waals surface area contributed by atoms with Crippen LogP contribution in [-0.4, -0.2) is 50.7 Å². The molecule has 3 aromatic carbocycles. The summed E-state index contributed by atoms with van der Waals surface area (Å²) in [6.07, 6.45) is 8.17. The Labute approximate surface area is 357 Å². The number of allylic oxidation sites excluding steroid dienone is 2. The predicted molar refractivity (Wildman–Crippen MR) is 178 cm³/mol. The molecule has 0 N–H and O–H groups in total. The molecule has 272 valence electrons. The van der Waals surface area contributed by atoms with Crippen LogP contribution in [0.3, 0.4) is 0 Å². The van der Waals surface area contributed by atoms with Crippen molar-refractivity contribution in [3.63, 3.8) is 0 Å². The molecule has 1 aromatic heterocycles. The van der Waals surface area contributed by atoms with Crippen molar-refractivity contribution in [2.45, 2.75) is 42.5 Å². The van der Waals surface area contributed by atoms with Crippen LogP contribution in [0.1, 0.15) is 39.5 Å². The van der Waals surface area contributed by atoms with Gasteiger partial charge >= 0.3 is 65.1 Å². The molecule has 0 saturated carbocycles. The smallest absolute Gasteiger partial charge is 0.790 e. The molecule has 1 aliphatic rings. The molecule has 1 fully saturated rings. The number of halogens is 3. The summed E-state index contributed by atoms with van der Waals surface area (Å²) in [6.45, 7) is 0.951. The van der Waals surface area contributed by atoms with Crippen LogP contribution < -0.4 is 68.9 Å². The topological polar surface area (TPSA) is 172 Å². The normalized spacial score (nSPS) is 17.6. The van der Waals surface area contributed by atoms with E-state index >= 15 is 4.39 Å². The minimum Gasteiger partial charge on any atom is -0.790 e. The molecular formula is C35H30F3N4Na2O8PS. The zero-order valence-electron chi connectivity index (χ0n) is 29.3. The first-order valence-electron chi connectivity index (χ1n) is 15.6. The van der Waals surface area contributed by atoms with E-state index in [4.69, 9.17) is 19.5 Å². The fraction of sp³-hybridized carbons (Fsp3) is 0.257. The quantitative estimate of drug-likeness (QED) is 0.0648. The second-order valence-corrected chi connectivity index (χ2v) is 14.2. The third-order valence-corrected chi connectivity index (χ3v) is 9.76. The van der Waals surface area contributed by atoms with Gasteiger partial charge in [-0.25, -0.2) is 27.6 Å². The number of nitriles is 1. The summed E-state index contributed by atoms with van der Waals surface area (Å²) < 4.78 is 78.9. The molecule has 0 radical (unpaired) electrons. The molecule has 0 aliphatic carbocycles. The molecule has 0 unspecified atom stereocenters. The molecule has 12 nitrogen and oxygen atoms in total. The number of hydrogen-bond acceptors (Lipinski definition) is 12. The Morgan fingerprint density at radius 3 is 2.50 bits per heavy atom. The molecule has 4 aromatic rings. The second kappa shape index (κ2) is 21.1. The van der Waals surface area contributed by atoms with Crippen molar-refractivity contribution in [3.8, 4) is 6.07 Å². The van der Waals surface area contributed by atoms with Gasteiger partial charge in [0.1, 0.15) is 30.1 Å². The van der Waals surface area contributed by atoms with E-state index in [0.29, 0.717) is 11.6 Å². The summed E-state index contributed by atoms with van der Waals surface area (Å²) in [6, 6.07) is 14.5. The zero-order chi connectivity index (χ0) is 37.3. The van der Waals surface area contributed by atoms with E-state index in [2.05, 4.69) is 14.6 Å². The number of benzene rings is 3. The van der Waals surface area contributed by atoms with Gasteiger partial charge in [0, 0.05) is 22.4 Å². The Balaban J connectivity index is 0.00000392. The van der Waals surface area contributed by atoms with Gasteiger partial charge in [-0.2, -0.15) is 10.4 Å². The molecule has 2 heterocycles. The molecule has 54 heavy (non-hydrogen) atoms. The number of carbonyl (C=O) groups is 1. The molecular weight excluding hydrogens is 770 g/mol. The molecule has 5 rings (SSSR count). The Morgan fingerprint density at radius 1 is 1.11 bits per heavy atom. The monoisotopic (exact) mass is 800 g/mol. The first-order valence-corrected chi connectivity index (χ1v) is 18.0. The summed E-state index contributed by atoms with van der Waals surface area (Å²) >= 11 is 1.25. The van der Waals surface area contributed by atoms with Gasteiger partial charge in [0.25, 0.3) is 0 Å². The van der Waals surface area contributed by atoms with Crippen LogP contribution >= 0.6 is 19.6 Å². The van der Waals surface area contributed by atoms with E-state index in [1.807, 2.05) is 6.07 Å². The summed E-state index contributed by atoms with van der Waals surface area (Å²) in [5.41, 5.74) is -1.72. The van der Waals surface area contributed by atoms with Crippen molar-refractivity contribution < 1.29 is 110 Å². The van der Waals surface area contributed by atoms with Crippen molar-refractivity contribution in [2.24, 2.45) is 0 Å². The van der Waals surface area contributed by atoms with Crippen molar-refractivity contribution >= 4 is 31.6 Å². The number of hydrogen-bond donors (Lipinski definition) is 0. The second-order valence-electron chi connectivity index (χ2n) is 11.4. The SMILES string of the molecule is C[C@@H](SC1COC(/C=C/C=C/c2ccc(C#N)cc2F)OC1)[C@@](Cn1cncn1)(OC(=O)c1ccccc1COP(=O)([O-])[O-])c1ccc(F)cc1F.[Na+].[Na+]. The van der Waals surface area contributed by atoms with Crippen molar-refractivity contribution in [2.75, 3.05) is 13.2 Å². The van der Waals surface area contributed by atoms with E-state index in [-0.39, 0.29) is 106 Å². The van der Waals surface area contributed by atoms with E-state index in [0.717, 1.165) is 18.2 Å². The molecule has 1 aliphatic heterocycles. The minimum atomic E-state index is -5.40. The Morgan fingerprint density at radius 2 is 1.85 bits per heavy atom. The average Bonchev–Trinajstić information content (AvgIpc) is 3.63. The van der Waals surface area contributed by atoms with Gasteiger partial charge in [-0.15, -0.1) is 11.8 Å². The summed E-state index contributed by atoms with van der Waals surface area (Å²) in [5, 5.41) is 11.9. The maximum atomic E-state index is 15.8. The first kappa shape index (κ1) is 45.8. The van der Waals surface area contributed by atoms with Crippen LogP contribution in [0.25, 0.3) is 6.08 Å².